The van der Waals surface area contributed by atoms with E-state index >= 15 is 0 Å². The summed E-state index contributed by atoms with van der Waals surface area (Å²) >= 11 is 4.46. The Morgan fingerprint density at radius 1 is 1.39 bits per heavy atom. The van der Waals surface area contributed by atoms with Crippen LogP contribution in [0.15, 0.2) is 15.9 Å². The van der Waals surface area contributed by atoms with E-state index in [4.69, 9.17) is 0 Å². The molecule has 0 aliphatic heterocycles. The molecule has 23 heavy (non-hydrogen) atoms. The van der Waals surface area contributed by atoms with E-state index in [1.54, 1.807) is 12.1 Å². The summed E-state index contributed by atoms with van der Waals surface area (Å²) in [6.45, 7) is 2.76. The standard InChI is InChI=1S/C12H12BrN5O4S/c1-6-11(18(21)22)7(2)17(16-6)5-10(19)14-15-12(20)8-3-4-9(13)23-8/h3-4H,5H2,1-2H3,(H,14,19)(H,15,20). The van der Waals surface area contributed by atoms with Crippen LogP contribution in [-0.2, 0) is 11.3 Å². The molecule has 0 atom stereocenters. The number of aromatic nitrogens is 2. The number of thiophene rings is 1. The van der Waals surface area contributed by atoms with E-state index < -0.39 is 16.7 Å². The SMILES string of the molecule is Cc1nn(CC(=O)NNC(=O)c2ccc(Br)s2)c(C)c1[N+](=O)[O-]. The maximum atomic E-state index is 11.8. The van der Waals surface area contributed by atoms with Gasteiger partial charge in [-0.15, -0.1) is 11.3 Å². The summed E-state index contributed by atoms with van der Waals surface area (Å²) in [7, 11) is 0. The highest BCUT2D eigenvalue weighted by molar-refractivity contribution is 9.11. The second-order valence-electron chi connectivity index (χ2n) is 4.54. The predicted molar refractivity (Wildman–Crippen MR) is 86.0 cm³/mol. The Hall–Kier alpha value is -2.27. The van der Waals surface area contributed by atoms with Crippen molar-refractivity contribution in [2.45, 2.75) is 20.4 Å². The lowest BCUT2D eigenvalue weighted by Crippen LogP contribution is -2.43. The van der Waals surface area contributed by atoms with Crippen molar-refractivity contribution in [2.24, 2.45) is 0 Å². The summed E-state index contributed by atoms with van der Waals surface area (Å²) in [6, 6.07) is 3.33. The largest absolute Gasteiger partial charge is 0.312 e. The van der Waals surface area contributed by atoms with Gasteiger partial charge in [-0.05, 0) is 41.9 Å². The molecule has 11 heteroatoms. The molecule has 0 aromatic carbocycles. The van der Waals surface area contributed by atoms with Gasteiger partial charge in [-0.1, -0.05) is 0 Å². The molecule has 9 nitrogen and oxygen atoms in total. The summed E-state index contributed by atoms with van der Waals surface area (Å²) in [6.07, 6.45) is 0. The van der Waals surface area contributed by atoms with Gasteiger partial charge < -0.3 is 0 Å². The summed E-state index contributed by atoms with van der Waals surface area (Å²) < 4.78 is 2.01. The Kier molecular flexibility index (Phi) is 5.11. The van der Waals surface area contributed by atoms with E-state index in [0.29, 0.717) is 4.88 Å². The molecule has 0 unspecified atom stereocenters. The first-order chi connectivity index (χ1) is 10.8. The molecule has 2 rings (SSSR count). The molecule has 2 aromatic heterocycles. The molecule has 0 bridgehead atoms. The van der Waals surface area contributed by atoms with Gasteiger partial charge in [-0.2, -0.15) is 5.10 Å². The maximum absolute atomic E-state index is 11.8. The quantitative estimate of drug-likeness (QED) is 0.596. The molecular formula is C12H12BrN5O4S. The van der Waals surface area contributed by atoms with Crippen LogP contribution in [0.1, 0.15) is 21.1 Å². The zero-order chi connectivity index (χ0) is 17.1. The maximum Gasteiger partial charge on any atom is 0.312 e. The predicted octanol–water partition coefficient (Wildman–Crippen LogP) is 1.69. The fourth-order valence-corrected chi connectivity index (χ4v) is 3.19. The fourth-order valence-electron chi connectivity index (χ4n) is 1.91. The Labute approximate surface area is 142 Å². The Morgan fingerprint density at radius 2 is 2.09 bits per heavy atom. The van der Waals surface area contributed by atoms with Crippen LogP contribution < -0.4 is 10.9 Å². The van der Waals surface area contributed by atoms with Crippen molar-refractivity contribution < 1.29 is 14.5 Å². The third kappa shape index (κ3) is 3.93. The number of hydrogen-bond donors (Lipinski definition) is 2. The summed E-state index contributed by atoms with van der Waals surface area (Å²) in [5.41, 5.74) is 4.90. The number of rotatable bonds is 4. The molecule has 0 radical (unpaired) electrons. The van der Waals surface area contributed by atoms with Crippen LogP contribution in [-0.4, -0.2) is 26.5 Å². The van der Waals surface area contributed by atoms with Crippen LogP contribution in [0, 0.1) is 24.0 Å². The van der Waals surface area contributed by atoms with Crippen LogP contribution in [0.4, 0.5) is 5.69 Å². The van der Waals surface area contributed by atoms with Crippen molar-refractivity contribution >= 4 is 44.8 Å². The van der Waals surface area contributed by atoms with E-state index in [0.717, 1.165) is 3.79 Å². The van der Waals surface area contributed by atoms with Crippen molar-refractivity contribution in [3.05, 3.63) is 42.3 Å². The van der Waals surface area contributed by atoms with E-state index in [1.807, 2.05) is 0 Å². The number of halogens is 1. The van der Waals surface area contributed by atoms with Crippen molar-refractivity contribution in [3.63, 3.8) is 0 Å². The van der Waals surface area contributed by atoms with Crippen LogP contribution >= 0.6 is 27.3 Å². The lowest BCUT2D eigenvalue weighted by molar-refractivity contribution is -0.386. The van der Waals surface area contributed by atoms with Crippen molar-refractivity contribution in [3.8, 4) is 0 Å². The summed E-state index contributed by atoms with van der Waals surface area (Å²) in [5, 5.41) is 14.9. The van der Waals surface area contributed by atoms with Crippen LogP contribution in [0.5, 0.6) is 0 Å². The van der Waals surface area contributed by atoms with Gasteiger partial charge in [0.25, 0.3) is 11.8 Å². The van der Waals surface area contributed by atoms with E-state index in [-0.39, 0.29) is 23.6 Å². The number of nitrogens with zero attached hydrogens (tertiary/aromatic N) is 3. The fraction of sp³-hybridized carbons (Fsp3) is 0.250. The minimum atomic E-state index is -0.547. The van der Waals surface area contributed by atoms with Gasteiger partial charge in [0.15, 0.2) is 0 Å². The number of amides is 2. The first kappa shape index (κ1) is 17.1. The Bertz CT molecular complexity index is 785. The number of carbonyl (C=O) groups is 2. The number of nitrogens with one attached hydrogen (secondary N) is 2. The molecule has 0 spiro atoms. The van der Waals surface area contributed by atoms with Gasteiger partial charge in [0, 0.05) is 0 Å². The van der Waals surface area contributed by atoms with Crippen LogP contribution in [0.2, 0.25) is 0 Å². The molecule has 2 aromatic rings. The summed E-state index contributed by atoms with van der Waals surface area (Å²) in [5.74, 6) is -0.997. The highest BCUT2D eigenvalue weighted by Gasteiger charge is 2.22. The topological polar surface area (TPSA) is 119 Å². The second kappa shape index (κ2) is 6.87. The van der Waals surface area contributed by atoms with Gasteiger partial charge in [0.05, 0.1) is 13.6 Å². The van der Waals surface area contributed by atoms with Crippen molar-refractivity contribution in [2.75, 3.05) is 0 Å². The van der Waals surface area contributed by atoms with E-state index in [2.05, 4.69) is 31.9 Å². The smallest absolute Gasteiger partial charge is 0.271 e. The molecule has 0 saturated carbocycles. The number of hydrogen-bond acceptors (Lipinski definition) is 6. The lowest BCUT2D eigenvalue weighted by Gasteiger charge is -2.07. The molecule has 0 saturated heterocycles. The van der Waals surface area contributed by atoms with Gasteiger partial charge in [-0.25, -0.2) is 0 Å². The van der Waals surface area contributed by atoms with E-state index in [9.17, 15) is 19.7 Å². The first-order valence-electron chi connectivity index (χ1n) is 6.32. The third-order valence-corrected chi connectivity index (χ3v) is 4.55. The zero-order valence-electron chi connectivity index (χ0n) is 12.1. The Balaban J connectivity index is 1.96. The molecular weight excluding hydrogens is 390 g/mol. The van der Waals surface area contributed by atoms with Gasteiger partial charge in [-0.3, -0.25) is 35.2 Å². The molecule has 2 heterocycles. The van der Waals surface area contributed by atoms with Crippen molar-refractivity contribution in [1.29, 1.82) is 0 Å². The molecule has 0 aliphatic carbocycles. The highest BCUT2D eigenvalue weighted by atomic mass is 79.9. The molecule has 0 aliphatic rings. The van der Waals surface area contributed by atoms with Crippen LogP contribution in [0.25, 0.3) is 0 Å². The normalized spacial score (nSPS) is 10.4. The summed E-state index contributed by atoms with van der Waals surface area (Å²) in [4.78, 5) is 34.4. The van der Waals surface area contributed by atoms with Gasteiger partial charge >= 0.3 is 5.69 Å². The molecule has 2 N–H and O–H groups in total. The average Bonchev–Trinajstić information content (AvgIpc) is 3.00. The Morgan fingerprint density at radius 3 is 2.61 bits per heavy atom. The molecule has 0 fully saturated rings. The van der Waals surface area contributed by atoms with Crippen LogP contribution in [0.3, 0.4) is 0 Å². The number of aryl methyl sites for hydroxylation is 1. The number of nitro groups is 1. The van der Waals surface area contributed by atoms with Crippen molar-refractivity contribution in [1.82, 2.24) is 20.6 Å². The molecule has 122 valence electrons. The van der Waals surface area contributed by atoms with Gasteiger partial charge in [0.1, 0.15) is 17.9 Å². The van der Waals surface area contributed by atoms with Gasteiger partial charge in [0.2, 0.25) is 0 Å². The van der Waals surface area contributed by atoms with E-state index in [1.165, 1.54) is 29.9 Å². The molecule has 2 amide bonds. The minimum Gasteiger partial charge on any atom is -0.271 e. The number of carbonyl (C=O) groups excluding carboxylic acids is 2. The third-order valence-electron chi connectivity index (χ3n) is 2.93. The second-order valence-corrected chi connectivity index (χ2v) is 7.00. The average molecular weight is 402 g/mol. The monoisotopic (exact) mass is 401 g/mol. The lowest BCUT2D eigenvalue weighted by atomic mass is 10.3. The minimum absolute atomic E-state index is 0.120. The highest BCUT2D eigenvalue weighted by Crippen LogP contribution is 2.22. The number of hydrazine groups is 1. The first-order valence-corrected chi connectivity index (χ1v) is 7.93. The zero-order valence-corrected chi connectivity index (χ0v) is 14.5.